The Morgan fingerprint density at radius 2 is 1.69 bits per heavy atom. The maximum Gasteiger partial charge on any atom is 0.311 e. The molecule has 2 saturated carbocycles. The van der Waals surface area contributed by atoms with Gasteiger partial charge >= 0.3 is 5.97 Å². The number of carbonyl (C=O) groups excluding carboxylic acids is 2. The molecule has 1 amide bonds. The Bertz CT molecular complexity index is 1880. The molecule has 0 N–H and O–H groups in total. The maximum absolute atomic E-state index is 13.1. The van der Waals surface area contributed by atoms with Crippen molar-refractivity contribution in [3.05, 3.63) is 64.7 Å². The number of benzene rings is 2. The molecule has 0 aliphatic heterocycles. The third-order valence-electron chi connectivity index (χ3n) is 14.4. The Morgan fingerprint density at radius 1 is 1.00 bits per heavy atom. The van der Waals surface area contributed by atoms with Crippen molar-refractivity contribution >= 4 is 34.6 Å². The first-order valence-electron chi connectivity index (χ1n) is 18.0. The van der Waals surface area contributed by atoms with Gasteiger partial charge in [0.25, 0.3) is 5.91 Å². The summed E-state index contributed by atoms with van der Waals surface area (Å²) in [5, 5.41) is 0. The summed E-state index contributed by atoms with van der Waals surface area (Å²) in [4.78, 5) is 32.8. The molecule has 0 bridgehead atoms. The quantitative estimate of drug-likeness (QED) is 0.258. The molecule has 254 valence electrons. The number of oxazole rings is 1. The maximum atomic E-state index is 13.1. The van der Waals surface area contributed by atoms with Crippen LogP contribution in [-0.2, 0) is 9.53 Å². The summed E-state index contributed by atoms with van der Waals surface area (Å²) in [6, 6.07) is 9.86. The minimum absolute atomic E-state index is 0.00101. The van der Waals surface area contributed by atoms with Gasteiger partial charge < -0.3 is 14.1 Å². The van der Waals surface area contributed by atoms with Gasteiger partial charge in [-0.05, 0) is 135 Å². The van der Waals surface area contributed by atoms with E-state index in [1.807, 2.05) is 43.0 Å². The average molecular weight is 649 g/mol. The highest BCUT2D eigenvalue weighted by atomic mass is 16.5. The molecule has 4 aliphatic rings. The van der Waals surface area contributed by atoms with E-state index in [1.165, 1.54) is 30.2 Å². The summed E-state index contributed by atoms with van der Waals surface area (Å²) in [6.07, 6.45) is 13.5. The topological polar surface area (TPSA) is 72.6 Å². The van der Waals surface area contributed by atoms with E-state index in [9.17, 15) is 9.59 Å². The summed E-state index contributed by atoms with van der Waals surface area (Å²) in [6.45, 7) is 19.7. The average Bonchev–Trinajstić information content (AvgIpc) is 3.52. The monoisotopic (exact) mass is 648 g/mol. The second kappa shape index (κ2) is 10.9. The summed E-state index contributed by atoms with van der Waals surface area (Å²) in [7, 11) is 1.54. The third kappa shape index (κ3) is 4.32. The molecular weight excluding hydrogens is 596 g/mol. The van der Waals surface area contributed by atoms with Crippen LogP contribution in [0.25, 0.3) is 34.2 Å². The molecule has 0 saturated heterocycles. The molecule has 7 rings (SSSR count). The number of rotatable bonds is 5. The van der Waals surface area contributed by atoms with E-state index < -0.39 is 5.41 Å². The van der Waals surface area contributed by atoms with Crippen molar-refractivity contribution in [2.45, 2.75) is 93.9 Å². The Hall–Kier alpha value is -3.67. The number of aromatic nitrogens is 1. The molecule has 6 heteroatoms. The van der Waals surface area contributed by atoms with Gasteiger partial charge in [0.15, 0.2) is 5.58 Å². The fourth-order valence-corrected chi connectivity index (χ4v) is 10.7. The molecule has 0 unspecified atom stereocenters. The highest BCUT2D eigenvalue weighted by Gasteiger charge is 2.68. The molecule has 1 heterocycles. The fraction of sp³-hybridized carbons (Fsp3) is 0.548. The SMILES string of the molecule is CCN(CC)C(=O)c1ccc(-c2nc3cc4c(c(C)c3o2)C=C[C@]2(C)C4=CC[C@@]3(C)[C@H]4C[C@](C)(C(=O)OC)CC[C@]4(C)CC[C@@]32C)cc1. The van der Waals surface area contributed by atoms with E-state index in [1.54, 1.807) is 0 Å². The third-order valence-corrected chi connectivity index (χ3v) is 14.4. The van der Waals surface area contributed by atoms with Crippen molar-refractivity contribution < 1.29 is 18.7 Å². The summed E-state index contributed by atoms with van der Waals surface area (Å²) in [5.74, 6) is 0.970. The van der Waals surface area contributed by atoms with Crippen LogP contribution in [0, 0.1) is 39.9 Å². The standard InChI is InChI=1S/C42H52N2O4/c1-10-44(11-2)36(45)28-14-12-27(13-15-28)35-43-32-24-30-29(26(3)34(32)48-35)16-18-40(6)31(30)17-19-41(7)33-25-39(5,37(46)47-9)21-20-38(33,4)22-23-42(40,41)8/h12-18,24,33H,10-11,19-23,25H2,1-9H3/t33-,38+,39+,40+,41-,42+/m0/s1. The molecule has 2 fully saturated rings. The number of carbonyl (C=O) groups is 2. The van der Waals surface area contributed by atoms with E-state index in [0.29, 0.717) is 30.5 Å². The number of aryl methyl sites for hydroxylation is 1. The lowest BCUT2D eigenvalue weighted by Crippen LogP contribution is -2.63. The van der Waals surface area contributed by atoms with E-state index in [2.05, 4.69) is 65.8 Å². The van der Waals surface area contributed by atoms with Crippen LogP contribution in [0.1, 0.15) is 114 Å². The summed E-state index contributed by atoms with van der Waals surface area (Å²) >= 11 is 0. The normalized spacial score (nSPS) is 33.6. The number of amides is 1. The van der Waals surface area contributed by atoms with Gasteiger partial charge in [-0.25, -0.2) is 4.98 Å². The Labute approximate surface area is 286 Å². The molecule has 0 spiro atoms. The second-order valence-electron chi connectivity index (χ2n) is 16.5. The Kier molecular flexibility index (Phi) is 7.47. The molecule has 6 atom stereocenters. The number of nitrogens with zero attached hydrogens (tertiary/aromatic N) is 2. The highest BCUT2D eigenvalue weighted by molar-refractivity contribution is 5.96. The van der Waals surface area contributed by atoms with Crippen molar-refractivity contribution in [2.24, 2.45) is 33.0 Å². The largest absolute Gasteiger partial charge is 0.469 e. The number of hydrogen-bond acceptors (Lipinski definition) is 5. The van der Waals surface area contributed by atoms with Gasteiger partial charge in [-0.15, -0.1) is 0 Å². The zero-order valence-electron chi connectivity index (χ0n) is 30.4. The minimum Gasteiger partial charge on any atom is -0.469 e. The number of ether oxygens (including phenoxy) is 1. The first-order valence-corrected chi connectivity index (χ1v) is 18.0. The number of hydrogen-bond donors (Lipinski definition) is 0. The van der Waals surface area contributed by atoms with Crippen LogP contribution in [0.2, 0.25) is 0 Å². The molecule has 4 aliphatic carbocycles. The van der Waals surface area contributed by atoms with Crippen LogP contribution in [0.3, 0.4) is 0 Å². The number of allylic oxidation sites excluding steroid dienone is 3. The Morgan fingerprint density at radius 3 is 2.35 bits per heavy atom. The molecular formula is C42H52N2O4. The van der Waals surface area contributed by atoms with E-state index in [-0.39, 0.29) is 33.5 Å². The minimum atomic E-state index is -0.436. The van der Waals surface area contributed by atoms with Crippen LogP contribution < -0.4 is 0 Å². The molecule has 0 radical (unpaired) electrons. The van der Waals surface area contributed by atoms with Gasteiger partial charge in [0.2, 0.25) is 5.89 Å². The highest BCUT2D eigenvalue weighted by Crippen LogP contribution is 2.76. The number of esters is 1. The molecule has 6 nitrogen and oxygen atoms in total. The van der Waals surface area contributed by atoms with E-state index >= 15 is 0 Å². The summed E-state index contributed by atoms with van der Waals surface area (Å²) < 4.78 is 11.8. The number of fused-ring (bicyclic) bond motifs is 8. The first-order chi connectivity index (χ1) is 22.7. The van der Waals surface area contributed by atoms with Crippen molar-refractivity contribution in [1.29, 1.82) is 0 Å². The van der Waals surface area contributed by atoms with Crippen LogP contribution in [-0.4, -0.2) is 42.0 Å². The van der Waals surface area contributed by atoms with E-state index in [4.69, 9.17) is 14.1 Å². The van der Waals surface area contributed by atoms with Crippen molar-refractivity contribution in [2.75, 3.05) is 20.2 Å². The van der Waals surface area contributed by atoms with Gasteiger partial charge in [-0.2, -0.15) is 0 Å². The first kappa shape index (κ1) is 32.9. The van der Waals surface area contributed by atoms with Crippen LogP contribution >= 0.6 is 0 Å². The lowest BCUT2D eigenvalue weighted by atomic mass is 9.33. The van der Waals surface area contributed by atoms with Gasteiger partial charge in [-0.3, -0.25) is 9.59 Å². The smallest absolute Gasteiger partial charge is 0.311 e. The fourth-order valence-electron chi connectivity index (χ4n) is 10.7. The van der Waals surface area contributed by atoms with Crippen molar-refractivity contribution in [3.8, 4) is 11.5 Å². The summed E-state index contributed by atoms with van der Waals surface area (Å²) in [5.41, 5.74) is 7.79. The molecule has 1 aromatic heterocycles. The Balaban J connectivity index is 1.27. The zero-order valence-corrected chi connectivity index (χ0v) is 30.4. The number of methoxy groups -OCH3 is 1. The lowest BCUT2D eigenvalue weighted by Gasteiger charge is -2.70. The van der Waals surface area contributed by atoms with Crippen LogP contribution in [0.5, 0.6) is 0 Å². The van der Waals surface area contributed by atoms with Crippen LogP contribution in [0.4, 0.5) is 0 Å². The molecule has 3 aromatic rings. The van der Waals surface area contributed by atoms with Gasteiger partial charge in [0, 0.05) is 35.2 Å². The predicted molar refractivity (Wildman–Crippen MR) is 192 cm³/mol. The van der Waals surface area contributed by atoms with Gasteiger partial charge in [-0.1, -0.05) is 45.9 Å². The van der Waals surface area contributed by atoms with Crippen molar-refractivity contribution in [3.63, 3.8) is 0 Å². The van der Waals surface area contributed by atoms with Gasteiger partial charge in [0.05, 0.1) is 12.5 Å². The molecule has 2 aromatic carbocycles. The van der Waals surface area contributed by atoms with Crippen molar-refractivity contribution in [1.82, 2.24) is 9.88 Å². The van der Waals surface area contributed by atoms with Gasteiger partial charge in [0.1, 0.15) is 5.52 Å². The van der Waals surface area contributed by atoms with E-state index in [0.717, 1.165) is 54.3 Å². The zero-order chi connectivity index (χ0) is 34.4. The lowest BCUT2D eigenvalue weighted by molar-refractivity contribution is -0.190. The second-order valence-corrected chi connectivity index (χ2v) is 16.5. The predicted octanol–water partition coefficient (Wildman–Crippen LogP) is 9.90. The van der Waals surface area contributed by atoms with Crippen LogP contribution in [0.15, 0.2) is 46.9 Å². The molecule has 48 heavy (non-hydrogen) atoms.